The Kier molecular flexibility index (Phi) is 4.75. The zero-order chi connectivity index (χ0) is 16.9. The third-order valence-corrected chi connectivity index (χ3v) is 4.09. The Bertz CT molecular complexity index is 760. The normalized spacial score (nSPS) is 13.6. The molecule has 0 aliphatic carbocycles. The topological polar surface area (TPSA) is 46.6 Å². The van der Waals surface area contributed by atoms with E-state index in [0.717, 1.165) is 24.2 Å². The number of carbonyl (C=O) groups is 2. The molecule has 1 heterocycles. The molecule has 0 fully saturated rings. The number of methoxy groups -OCH3 is 1. The lowest BCUT2D eigenvalue weighted by Crippen LogP contribution is -2.29. The van der Waals surface area contributed by atoms with Gasteiger partial charge in [0, 0.05) is 12.2 Å². The Morgan fingerprint density at radius 1 is 0.833 bits per heavy atom. The molecular formula is C20H19NO3. The molecule has 24 heavy (non-hydrogen) atoms. The first-order chi connectivity index (χ1) is 11.7. The van der Waals surface area contributed by atoms with E-state index < -0.39 is 0 Å². The van der Waals surface area contributed by atoms with Crippen molar-refractivity contribution < 1.29 is 14.3 Å². The Labute approximate surface area is 141 Å². The van der Waals surface area contributed by atoms with Crippen LogP contribution in [-0.4, -0.2) is 23.8 Å². The number of benzene rings is 2. The van der Waals surface area contributed by atoms with Gasteiger partial charge in [-0.25, -0.2) is 0 Å². The predicted molar refractivity (Wildman–Crippen MR) is 91.5 cm³/mol. The molecule has 122 valence electrons. The lowest BCUT2D eigenvalue weighted by molar-refractivity contribution is -0.137. The first-order valence-corrected chi connectivity index (χ1v) is 7.90. The van der Waals surface area contributed by atoms with E-state index in [-0.39, 0.29) is 11.8 Å². The van der Waals surface area contributed by atoms with Crippen molar-refractivity contribution in [1.29, 1.82) is 0 Å². The molecule has 0 atom stereocenters. The fourth-order valence-electron chi connectivity index (χ4n) is 2.73. The van der Waals surface area contributed by atoms with Crippen LogP contribution in [0, 0.1) is 0 Å². The number of imide groups is 1. The van der Waals surface area contributed by atoms with E-state index in [0.29, 0.717) is 6.54 Å². The lowest BCUT2D eigenvalue weighted by Gasteiger charge is -2.14. The van der Waals surface area contributed by atoms with Gasteiger partial charge in [-0.1, -0.05) is 36.4 Å². The van der Waals surface area contributed by atoms with E-state index in [1.165, 1.54) is 28.2 Å². The van der Waals surface area contributed by atoms with Crippen molar-refractivity contribution in [2.45, 2.75) is 19.4 Å². The van der Waals surface area contributed by atoms with Crippen LogP contribution in [0.2, 0.25) is 0 Å². The summed E-state index contributed by atoms with van der Waals surface area (Å²) >= 11 is 0. The number of carbonyl (C=O) groups excluding carboxylic acids is 2. The maximum atomic E-state index is 11.6. The first kappa shape index (κ1) is 16.0. The van der Waals surface area contributed by atoms with Gasteiger partial charge in [-0.15, -0.1) is 0 Å². The number of amides is 2. The maximum absolute atomic E-state index is 11.6. The highest BCUT2D eigenvalue weighted by Gasteiger charge is 2.23. The molecule has 3 rings (SSSR count). The minimum atomic E-state index is -0.247. The molecule has 0 N–H and O–H groups in total. The summed E-state index contributed by atoms with van der Waals surface area (Å²) < 4.78 is 5.16. The van der Waals surface area contributed by atoms with Crippen molar-refractivity contribution in [3.8, 4) is 5.75 Å². The molecule has 0 spiro atoms. The highest BCUT2D eigenvalue weighted by Crippen LogP contribution is 2.16. The Balaban J connectivity index is 1.62. The van der Waals surface area contributed by atoms with Gasteiger partial charge < -0.3 is 4.74 Å². The average Bonchev–Trinajstić information content (AvgIpc) is 2.93. The number of ether oxygens (including phenoxy) is 1. The standard InChI is InChI=1S/C20H19NO3/c1-24-18-9-7-15(8-10-18)5-6-16-3-2-4-17(13-16)14-21-19(22)11-12-20(21)23/h2-4,7-13H,5-6,14H2,1H3. The van der Waals surface area contributed by atoms with Gasteiger partial charge in [-0.05, 0) is 41.7 Å². The van der Waals surface area contributed by atoms with E-state index in [2.05, 4.69) is 24.3 Å². The number of rotatable bonds is 6. The smallest absolute Gasteiger partial charge is 0.253 e. The molecule has 2 aromatic carbocycles. The van der Waals surface area contributed by atoms with E-state index in [9.17, 15) is 9.59 Å². The van der Waals surface area contributed by atoms with Crippen LogP contribution >= 0.6 is 0 Å². The van der Waals surface area contributed by atoms with Crippen molar-refractivity contribution in [3.63, 3.8) is 0 Å². The van der Waals surface area contributed by atoms with Gasteiger partial charge in [0.2, 0.25) is 0 Å². The summed E-state index contributed by atoms with van der Waals surface area (Å²) in [7, 11) is 1.66. The van der Waals surface area contributed by atoms with Crippen LogP contribution in [0.3, 0.4) is 0 Å². The van der Waals surface area contributed by atoms with E-state index in [1.54, 1.807) is 7.11 Å². The minimum Gasteiger partial charge on any atom is -0.497 e. The van der Waals surface area contributed by atoms with Crippen LogP contribution in [0.15, 0.2) is 60.7 Å². The zero-order valence-electron chi connectivity index (χ0n) is 13.6. The van der Waals surface area contributed by atoms with Crippen molar-refractivity contribution in [2.24, 2.45) is 0 Å². The van der Waals surface area contributed by atoms with Crippen molar-refractivity contribution in [3.05, 3.63) is 77.4 Å². The van der Waals surface area contributed by atoms with Crippen LogP contribution < -0.4 is 4.74 Å². The molecule has 1 aliphatic rings. The largest absolute Gasteiger partial charge is 0.497 e. The molecule has 1 aliphatic heterocycles. The number of hydrogen-bond acceptors (Lipinski definition) is 3. The molecule has 0 aromatic heterocycles. The van der Waals surface area contributed by atoms with Gasteiger partial charge in [-0.2, -0.15) is 0 Å². The van der Waals surface area contributed by atoms with Crippen molar-refractivity contribution in [1.82, 2.24) is 4.90 Å². The molecule has 0 saturated heterocycles. The van der Waals surface area contributed by atoms with E-state index >= 15 is 0 Å². The lowest BCUT2D eigenvalue weighted by atomic mass is 10.0. The van der Waals surface area contributed by atoms with Crippen molar-refractivity contribution in [2.75, 3.05) is 7.11 Å². The predicted octanol–water partition coefficient (Wildman–Crippen LogP) is 2.91. The van der Waals surface area contributed by atoms with Gasteiger partial charge in [-0.3, -0.25) is 14.5 Å². The first-order valence-electron chi connectivity index (χ1n) is 7.90. The molecule has 2 aromatic rings. The number of hydrogen-bond donors (Lipinski definition) is 0. The molecule has 0 radical (unpaired) electrons. The fourth-order valence-corrected chi connectivity index (χ4v) is 2.73. The second-order valence-corrected chi connectivity index (χ2v) is 5.76. The molecule has 0 unspecified atom stereocenters. The summed E-state index contributed by atoms with van der Waals surface area (Å²) in [6.07, 6.45) is 4.46. The van der Waals surface area contributed by atoms with Gasteiger partial charge in [0.1, 0.15) is 5.75 Å². The van der Waals surface area contributed by atoms with Gasteiger partial charge in [0.25, 0.3) is 11.8 Å². The monoisotopic (exact) mass is 321 g/mol. The second kappa shape index (κ2) is 7.13. The molecule has 2 amide bonds. The van der Waals surface area contributed by atoms with E-state index in [4.69, 9.17) is 4.74 Å². The molecular weight excluding hydrogens is 302 g/mol. The van der Waals surface area contributed by atoms with Gasteiger partial charge in [0.15, 0.2) is 0 Å². The quantitative estimate of drug-likeness (QED) is 0.769. The molecule has 0 bridgehead atoms. The summed E-state index contributed by atoms with van der Waals surface area (Å²) in [6.45, 7) is 0.320. The Morgan fingerprint density at radius 2 is 1.46 bits per heavy atom. The van der Waals surface area contributed by atoms with Gasteiger partial charge >= 0.3 is 0 Å². The summed E-state index contributed by atoms with van der Waals surface area (Å²) in [4.78, 5) is 24.5. The average molecular weight is 321 g/mol. The van der Waals surface area contributed by atoms with Crippen LogP contribution in [0.4, 0.5) is 0 Å². The highest BCUT2D eigenvalue weighted by atomic mass is 16.5. The maximum Gasteiger partial charge on any atom is 0.253 e. The Hall–Kier alpha value is -2.88. The fraction of sp³-hybridized carbons (Fsp3) is 0.200. The summed E-state index contributed by atoms with van der Waals surface area (Å²) in [6, 6.07) is 16.1. The van der Waals surface area contributed by atoms with Crippen LogP contribution in [0.25, 0.3) is 0 Å². The third-order valence-electron chi connectivity index (χ3n) is 4.09. The summed E-state index contributed by atoms with van der Waals surface area (Å²) in [5.41, 5.74) is 3.40. The van der Waals surface area contributed by atoms with Crippen LogP contribution in [0.5, 0.6) is 5.75 Å². The zero-order valence-corrected chi connectivity index (χ0v) is 13.6. The minimum absolute atomic E-state index is 0.247. The van der Waals surface area contributed by atoms with Crippen LogP contribution in [-0.2, 0) is 29.0 Å². The second-order valence-electron chi connectivity index (χ2n) is 5.76. The number of aryl methyl sites for hydroxylation is 2. The summed E-state index contributed by atoms with van der Waals surface area (Å²) in [5, 5.41) is 0. The molecule has 4 nitrogen and oxygen atoms in total. The van der Waals surface area contributed by atoms with Crippen molar-refractivity contribution >= 4 is 11.8 Å². The SMILES string of the molecule is COc1ccc(CCc2cccc(CN3C(=O)C=CC3=O)c2)cc1. The Morgan fingerprint density at radius 3 is 2.12 bits per heavy atom. The molecule has 0 saturated carbocycles. The third kappa shape index (κ3) is 3.71. The van der Waals surface area contributed by atoms with Gasteiger partial charge in [0.05, 0.1) is 13.7 Å². The molecule has 4 heteroatoms. The highest BCUT2D eigenvalue weighted by molar-refractivity contribution is 6.12. The number of nitrogens with zero attached hydrogens (tertiary/aromatic N) is 1. The van der Waals surface area contributed by atoms with E-state index in [1.807, 2.05) is 24.3 Å². The summed E-state index contributed by atoms with van der Waals surface area (Å²) in [5.74, 6) is 0.363. The van der Waals surface area contributed by atoms with Crippen LogP contribution in [0.1, 0.15) is 16.7 Å².